The maximum Gasteiger partial charge on any atom is 0.319 e. The highest BCUT2D eigenvalue weighted by Crippen LogP contribution is 2.28. The molecular weight excluding hydrogens is 176 g/mol. The Morgan fingerprint density at radius 2 is 2.25 bits per heavy atom. The molecule has 0 amide bonds. The van der Waals surface area contributed by atoms with Gasteiger partial charge in [0.1, 0.15) is 4.75 Å². The lowest BCUT2D eigenvalue weighted by atomic mass is 10.1. The van der Waals surface area contributed by atoms with Crippen molar-refractivity contribution < 1.29 is 14.6 Å². The van der Waals surface area contributed by atoms with E-state index in [1.807, 2.05) is 6.92 Å². The van der Waals surface area contributed by atoms with Gasteiger partial charge in [0.15, 0.2) is 0 Å². The van der Waals surface area contributed by atoms with Crippen LogP contribution in [0.5, 0.6) is 0 Å². The number of hydrogen-bond acceptors (Lipinski definition) is 3. The number of rotatable bonds is 6. The van der Waals surface area contributed by atoms with E-state index in [-0.39, 0.29) is 0 Å². The molecule has 0 fully saturated rings. The van der Waals surface area contributed by atoms with Crippen molar-refractivity contribution in [1.29, 1.82) is 0 Å². The summed E-state index contributed by atoms with van der Waals surface area (Å²) in [6, 6.07) is 0. The first-order valence-electron chi connectivity index (χ1n) is 3.93. The third-order valence-corrected chi connectivity index (χ3v) is 3.00. The van der Waals surface area contributed by atoms with Crippen LogP contribution < -0.4 is 0 Å². The monoisotopic (exact) mass is 192 g/mol. The number of carboxylic acids is 1. The lowest BCUT2D eigenvalue weighted by Crippen LogP contribution is -2.33. The summed E-state index contributed by atoms with van der Waals surface area (Å²) in [7, 11) is 1.58. The fourth-order valence-corrected chi connectivity index (χ4v) is 1.84. The van der Waals surface area contributed by atoms with Crippen LogP contribution in [0.25, 0.3) is 0 Å². The van der Waals surface area contributed by atoms with Gasteiger partial charge in [0.05, 0.1) is 0 Å². The zero-order valence-electron chi connectivity index (χ0n) is 7.79. The Hall–Kier alpha value is -0.220. The van der Waals surface area contributed by atoms with Gasteiger partial charge < -0.3 is 9.84 Å². The summed E-state index contributed by atoms with van der Waals surface area (Å²) in [5.41, 5.74) is 0. The van der Waals surface area contributed by atoms with E-state index < -0.39 is 10.7 Å². The molecule has 12 heavy (non-hydrogen) atoms. The lowest BCUT2D eigenvalue weighted by molar-refractivity contribution is -0.139. The van der Waals surface area contributed by atoms with Crippen molar-refractivity contribution in [2.45, 2.75) is 25.0 Å². The van der Waals surface area contributed by atoms with Crippen LogP contribution in [0.4, 0.5) is 0 Å². The molecule has 0 aromatic heterocycles. The second-order valence-corrected chi connectivity index (χ2v) is 4.48. The van der Waals surface area contributed by atoms with E-state index in [0.29, 0.717) is 13.0 Å². The van der Waals surface area contributed by atoms with Crippen molar-refractivity contribution in [3.05, 3.63) is 0 Å². The predicted molar refractivity (Wildman–Crippen MR) is 50.7 cm³/mol. The average Bonchev–Trinajstić information content (AvgIpc) is 2.01. The van der Waals surface area contributed by atoms with Crippen LogP contribution >= 0.6 is 11.8 Å². The van der Waals surface area contributed by atoms with Gasteiger partial charge in [-0.1, -0.05) is 6.92 Å². The van der Waals surface area contributed by atoms with Gasteiger partial charge in [-0.05, 0) is 19.1 Å². The highest BCUT2D eigenvalue weighted by Gasteiger charge is 2.32. The summed E-state index contributed by atoms with van der Waals surface area (Å²) < 4.78 is 4.17. The predicted octanol–water partition coefficient (Wildman–Crippen LogP) is 1.62. The molecule has 0 rings (SSSR count). The zero-order valence-corrected chi connectivity index (χ0v) is 8.61. The molecule has 72 valence electrons. The van der Waals surface area contributed by atoms with E-state index in [1.54, 1.807) is 14.0 Å². The Morgan fingerprint density at radius 3 is 2.58 bits per heavy atom. The minimum absolute atomic E-state index is 0.496. The van der Waals surface area contributed by atoms with Gasteiger partial charge in [0.25, 0.3) is 0 Å². The summed E-state index contributed by atoms with van der Waals surface area (Å²) in [5, 5.41) is 8.91. The molecule has 0 saturated heterocycles. The van der Waals surface area contributed by atoms with Crippen LogP contribution in [0.1, 0.15) is 20.3 Å². The molecule has 0 spiro atoms. The molecule has 0 radical (unpaired) electrons. The minimum atomic E-state index is -0.758. The minimum Gasteiger partial charge on any atom is -0.480 e. The van der Waals surface area contributed by atoms with Gasteiger partial charge in [-0.2, -0.15) is 0 Å². The Kier molecular flexibility index (Phi) is 5.33. The maximum absolute atomic E-state index is 10.8. The molecule has 0 aromatic rings. The summed E-state index contributed by atoms with van der Waals surface area (Å²) in [5.74, 6) is 0.0541. The van der Waals surface area contributed by atoms with Gasteiger partial charge in [0.2, 0.25) is 0 Å². The van der Waals surface area contributed by atoms with Crippen LogP contribution in [0.15, 0.2) is 0 Å². The summed E-state index contributed by atoms with van der Waals surface area (Å²) >= 11 is 1.45. The Morgan fingerprint density at radius 1 is 1.67 bits per heavy atom. The van der Waals surface area contributed by atoms with Crippen molar-refractivity contribution >= 4 is 17.7 Å². The van der Waals surface area contributed by atoms with Gasteiger partial charge in [-0.3, -0.25) is 4.79 Å². The van der Waals surface area contributed by atoms with Crippen molar-refractivity contribution in [3.63, 3.8) is 0 Å². The van der Waals surface area contributed by atoms with Crippen molar-refractivity contribution in [1.82, 2.24) is 0 Å². The summed E-state index contributed by atoms with van der Waals surface area (Å²) in [6.07, 6.45) is 0.553. The zero-order chi connectivity index (χ0) is 9.61. The Balaban J connectivity index is 4.08. The molecule has 0 saturated carbocycles. The van der Waals surface area contributed by atoms with Gasteiger partial charge in [-0.15, -0.1) is 11.8 Å². The van der Waals surface area contributed by atoms with Crippen molar-refractivity contribution in [3.8, 4) is 0 Å². The molecule has 0 aliphatic rings. The summed E-state index contributed by atoms with van der Waals surface area (Å²) in [4.78, 5) is 10.8. The third kappa shape index (κ3) is 3.45. The second kappa shape index (κ2) is 5.43. The molecule has 0 bridgehead atoms. The number of thioether (sulfide) groups is 1. The van der Waals surface area contributed by atoms with Gasteiger partial charge in [-0.25, -0.2) is 0 Å². The lowest BCUT2D eigenvalue weighted by Gasteiger charge is -2.22. The average molecular weight is 192 g/mol. The van der Waals surface area contributed by atoms with E-state index in [4.69, 9.17) is 9.84 Å². The van der Waals surface area contributed by atoms with E-state index in [9.17, 15) is 4.79 Å². The van der Waals surface area contributed by atoms with E-state index in [1.165, 1.54) is 11.8 Å². The molecule has 0 aliphatic heterocycles. The number of carbonyl (C=O) groups is 1. The quantitative estimate of drug-likeness (QED) is 0.694. The first-order chi connectivity index (χ1) is 5.56. The highest BCUT2D eigenvalue weighted by atomic mass is 32.2. The molecule has 1 unspecified atom stereocenters. The van der Waals surface area contributed by atoms with Crippen LogP contribution in [0, 0.1) is 0 Å². The van der Waals surface area contributed by atoms with Crippen LogP contribution in [-0.4, -0.2) is 35.3 Å². The standard InChI is InChI=1S/C8H16O3S/c1-4-12-8(2,7(9)10)5-6-11-3/h4-6H2,1-3H3,(H,9,10). The van der Waals surface area contributed by atoms with E-state index in [0.717, 1.165) is 5.75 Å². The second-order valence-electron chi connectivity index (χ2n) is 2.71. The van der Waals surface area contributed by atoms with Gasteiger partial charge >= 0.3 is 5.97 Å². The molecule has 0 heterocycles. The van der Waals surface area contributed by atoms with Crippen molar-refractivity contribution in [2.75, 3.05) is 19.5 Å². The molecule has 3 nitrogen and oxygen atoms in total. The van der Waals surface area contributed by atoms with Crippen LogP contribution in [0.2, 0.25) is 0 Å². The molecule has 1 atom stereocenters. The number of hydrogen-bond donors (Lipinski definition) is 1. The largest absolute Gasteiger partial charge is 0.480 e. The smallest absolute Gasteiger partial charge is 0.319 e. The molecule has 4 heteroatoms. The number of carboxylic acid groups (broad SMARTS) is 1. The highest BCUT2D eigenvalue weighted by molar-refractivity contribution is 8.01. The molecule has 1 N–H and O–H groups in total. The number of aliphatic carboxylic acids is 1. The maximum atomic E-state index is 10.8. The SMILES string of the molecule is CCSC(C)(CCOC)C(=O)O. The normalized spacial score (nSPS) is 15.6. The summed E-state index contributed by atoms with van der Waals surface area (Å²) in [6.45, 7) is 4.19. The molecule has 0 aliphatic carbocycles. The van der Waals surface area contributed by atoms with Crippen LogP contribution in [0.3, 0.4) is 0 Å². The van der Waals surface area contributed by atoms with E-state index in [2.05, 4.69) is 0 Å². The first kappa shape index (κ1) is 11.8. The Bertz CT molecular complexity index is 149. The van der Waals surface area contributed by atoms with Crippen LogP contribution in [-0.2, 0) is 9.53 Å². The van der Waals surface area contributed by atoms with Crippen molar-refractivity contribution in [2.24, 2.45) is 0 Å². The van der Waals surface area contributed by atoms with E-state index >= 15 is 0 Å². The molecular formula is C8H16O3S. The third-order valence-electron chi connectivity index (χ3n) is 1.70. The Labute approximate surface area is 77.5 Å². The molecule has 0 aromatic carbocycles. The fourth-order valence-electron chi connectivity index (χ4n) is 0.856. The first-order valence-corrected chi connectivity index (χ1v) is 4.91. The number of methoxy groups -OCH3 is 1. The number of ether oxygens (including phenoxy) is 1. The van der Waals surface area contributed by atoms with Gasteiger partial charge in [0, 0.05) is 13.7 Å². The topological polar surface area (TPSA) is 46.5 Å². The fraction of sp³-hybridized carbons (Fsp3) is 0.875.